The molecule has 0 bridgehead atoms. The van der Waals surface area contributed by atoms with Gasteiger partial charge in [0.1, 0.15) is 0 Å². The van der Waals surface area contributed by atoms with Crippen molar-refractivity contribution >= 4 is 11.8 Å². The Morgan fingerprint density at radius 1 is 1.00 bits per heavy atom. The molecule has 0 radical (unpaired) electrons. The maximum atomic E-state index is 12.5. The fourth-order valence-corrected chi connectivity index (χ4v) is 4.53. The van der Waals surface area contributed by atoms with E-state index in [0.717, 1.165) is 77.9 Å². The van der Waals surface area contributed by atoms with Gasteiger partial charge in [-0.25, -0.2) is 0 Å². The van der Waals surface area contributed by atoms with Gasteiger partial charge in [0.15, 0.2) is 0 Å². The van der Waals surface area contributed by atoms with Gasteiger partial charge in [0.05, 0.1) is 0 Å². The second kappa shape index (κ2) is 9.18. The molecule has 1 unspecified atom stereocenters. The topological polar surface area (TPSA) is 53.1 Å². The molecule has 1 atom stereocenters. The van der Waals surface area contributed by atoms with Crippen LogP contribution in [-0.2, 0) is 14.3 Å². The molecular formula is C20H35N3O3. The Morgan fingerprint density at radius 2 is 1.73 bits per heavy atom. The number of carbonyl (C=O) groups excluding carboxylic acids is 2. The van der Waals surface area contributed by atoms with Crippen molar-refractivity contribution in [1.29, 1.82) is 0 Å². The molecule has 2 aliphatic heterocycles. The maximum absolute atomic E-state index is 12.5. The Morgan fingerprint density at radius 3 is 2.35 bits per heavy atom. The second-order valence-corrected chi connectivity index (χ2v) is 8.23. The number of amides is 2. The van der Waals surface area contributed by atoms with Crippen LogP contribution in [0.2, 0.25) is 0 Å². The average Bonchev–Trinajstić information content (AvgIpc) is 2.61. The van der Waals surface area contributed by atoms with Crippen LogP contribution < -0.4 is 0 Å². The van der Waals surface area contributed by atoms with Crippen LogP contribution >= 0.6 is 0 Å². The van der Waals surface area contributed by atoms with E-state index in [0.29, 0.717) is 18.0 Å². The number of ether oxygens (including phenoxy) is 1. The van der Waals surface area contributed by atoms with Gasteiger partial charge >= 0.3 is 0 Å². The zero-order valence-electron chi connectivity index (χ0n) is 16.5. The van der Waals surface area contributed by atoms with Crippen LogP contribution in [0.3, 0.4) is 0 Å². The predicted molar refractivity (Wildman–Crippen MR) is 101 cm³/mol. The van der Waals surface area contributed by atoms with Crippen LogP contribution in [0.1, 0.15) is 51.9 Å². The van der Waals surface area contributed by atoms with Gasteiger partial charge in [-0.1, -0.05) is 6.42 Å². The first-order valence-corrected chi connectivity index (χ1v) is 10.4. The van der Waals surface area contributed by atoms with Gasteiger partial charge in [-0.15, -0.1) is 0 Å². The minimum Gasteiger partial charge on any atom is -0.381 e. The van der Waals surface area contributed by atoms with Crippen molar-refractivity contribution in [3.05, 3.63) is 0 Å². The van der Waals surface area contributed by atoms with Gasteiger partial charge in [-0.05, 0) is 38.5 Å². The molecule has 26 heavy (non-hydrogen) atoms. The molecular weight excluding hydrogens is 330 g/mol. The highest BCUT2D eigenvalue weighted by Crippen LogP contribution is 2.28. The second-order valence-electron chi connectivity index (χ2n) is 8.23. The molecule has 2 saturated heterocycles. The van der Waals surface area contributed by atoms with Crippen LogP contribution in [0.25, 0.3) is 0 Å². The molecule has 2 heterocycles. The highest BCUT2D eigenvalue weighted by atomic mass is 16.5. The van der Waals surface area contributed by atoms with Gasteiger partial charge in [-0.3, -0.25) is 14.5 Å². The van der Waals surface area contributed by atoms with Crippen LogP contribution in [0.5, 0.6) is 0 Å². The molecule has 6 heteroatoms. The molecule has 1 saturated carbocycles. The predicted octanol–water partition coefficient (Wildman–Crippen LogP) is 1.74. The monoisotopic (exact) mass is 365 g/mol. The normalized spacial score (nSPS) is 25.2. The van der Waals surface area contributed by atoms with E-state index in [1.807, 2.05) is 16.8 Å². The molecule has 1 aliphatic carbocycles. The summed E-state index contributed by atoms with van der Waals surface area (Å²) >= 11 is 0. The number of hydrogen-bond acceptors (Lipinski definition) is 4. The molecule has 148 valence electrons. The first kappa shape index (κ1) is 19.6. The lowest BCUT2D eigenvalue weighted by Gasteiger charge is -2.44. The van der Waals surface area contributed by atoms with E-state index < -0.39 is 0 Å². The highest BCUT2D eigenvalue weighted by Gasteiger charge is 2.33. The largest absolute Gasteiger partial charge is 0.381 e. The molecule has 3 rings (SSSR count). The fraction of sp³-hybridized carbons (Fsp3) is 0.900. The summed E-state index contributed by atoms with van der Waals surface area (Å²) in [5.74, 6) is 0.760. The number of nitrogens with zero attached hydrogens (tertiary/aromatic N) is 3. The minimum absolute atomic E-state index is 0.180. The van der Waals surface area contributed by atoms with Crippen LogP contribution in [0.15, 0.2) is 0 Å². The molecule has 0 aromatic carbocycles. The zero-order valence-corrected chi connectivity index (χ0v) is 16.5. The maximum Gasteiger partial charge on any atom is 0.225 e. The van der Waals surface area contributed by atoms with E-state index in [4.69, 9.17) is 4.74 Å². The molecule has 6 nitrogen and oxygen atoms in total. The summed E-state index contributed by atoms with van der Waals surface area (Å²) in [5, 5.41) is 0. The van der Waals surface area contributed by atoms with E-state index in [9.17, 15) is 9.59 Å². The number of piperidine rings is 1. The van der Waals surface area contributed by atoms with E-state index >= 15 is 0 Å². The summed E-state index contributed by atoms with van der Waals surface area (Å²) in [6.45, 7) is 6.70. The van der Waals surface area contributed by atoms with Crippen molar-refractivity contribution in [2.75, 3.05) is 46.4 Å². The van der Waals surface area contributed by atoms with E-state index in [1.165, 1.54) is 6.42 Å². The Bertz CT molecular complexity index is 489. The molecule has 0 N–H and O–H groups in total. The first-order chi connectivity index (χ1) is 12.6. The Balaban J connectivity index is 1.60. The first-order valence-electron chi connectivity index (χ1n) is 10.4. The smallest absolute Gasteiger partial charge is 0.225 e. The third-order valence-corrected chi connectivity index (χ3v) is 6.49. The van der Waals surface area contributed by atoms with Crippen molar-refractivity contribution in [3.63, 3.8) is 0 Å². The van der Waals surface area contributed by atoms with Gasteiger partial charge in [0, 0.05) is 71.4 Å². The molecule has 0 spiro atoms. The average molecular weight is 366 g/mol. The van der Waals surface area contributed by atoms with E-state index in [1.54, 1.807) is 6.92 Å². The lowest BCUT2D eigenvalue weighted by atomic mass is 9.84. The SMILES string of the molecule is CC(=O)N1CCCC(N(CCN(C)C(=O)C2CCC2)C2CCOCC2)C1. The lowest BCUT2D eigenvalue weighted by Crippen LogP contribution is -2.55. The van der Waals surface area contributed by atoms with Gasteiger partial charge in [0.2, 0.25) is 11.8 Å². The zero-order chi connectivity index (χ0) is 18.5. The molecule has 0 aromatic heterocycles. The summed E-state index contributed by atoms with van der Waals surface area (Å²) in [5.41, 5.74) is 0. The molecule has 3 aliphatic rings. The number of hydrogen-bond donors (Lipinski definition) is 0. The summed E-state index contributed by atoms with van der Waals surface area (Å²) in [6, 6.07) is 0.913. The Hall–Kier alpha value is -1.14. The quantitative estimate of drug-likeness (QED) is 0.719. The number of carbonyl (C=O) groups is 2. The summed E-state index contributed by atoms with van der Waals surface area (Å²) in [7, 11) is 1.95. The third-order valence-electron chi connectivity index (χ3n) is 6.49. The van der Waals surface area contributed by atoms with Gasteiger partial charge < -0.3 is 14.5 Å². The summed E-state index contributed by atoms with van der Waals surface area (Å²) < 4.78 is 5.56. The highest BCUT2D eigenvalue weighted by molar-refractivity contribution is 5.79. The third kappa shape index (κ3) is 4.77. The Labute approximate surface area is 157 Å². The minimum atomic E-state index is 0.180. The van der Waals surface area contributed by atoms with Crippen molar-refractivity contribution in [1.82, 2.24) is 14.7 Å². The standard InChI is InChI=1S/C20H35N3O3/c1-16(24)22-10-4-7-19(15-22)23(18-8-13-26-14-9-18)12-11-21(2)20(25)17-5-3-6-17/h17-19H,3-15H2,1-2H3. The molecule has 0 aromatic rings. The van der Waals surface area contributed by atoms with Gasteiger partial charge in [-0.2, -0.15) is 0 Å². The van der Waals surface area contributed by atoms with Crippen molar-refractivity contribution < 1.29 is 14.3 Å². The summed E-state index contributed by atoms with van der Waals surface area (Å²) in [6.07, 6.45) is 7.63. The summed E-state index contributed by atoms with van der Waals surface area (Å²) in [4.78, 5) is 30.8. The van der Waals surface area contributed by atoms with E-state index in [2.05, 4.69) is 4.90 Å². The van der Waals surface area contributed by atoms with Crippen molar-refractivity contribution in [2.24, 2.45) is 5.92 Å². The Kier molecular flexibility index (Phi) is 6.92. The van der Waals surface area contributed by atoms with Gasteiger partial charge in [0.25, 0.3) is 0 Å². The van der Waals surface area contributed by atoms with E-state index in [-0.39, 0.29) is 11.8 Å². The van der Waals surface area contributed by atoms with Crippen molar-refractivity contribution in [3.8, 4) is 0 Å². The van der Waals surface area contributed by atoms with Crippen LogP contribution in [0, 0.1) is 5.92 Å². The van der Waals surface area contributed by atoms with Crippen LogP contribution in [0.4, 0.5) is 0 Å². The number of likely N-dealkylation sites (tertiary alicyclic amines) is 1. The van der Waals surface area contributed by atoms with Crippen LogP contribution in [-0.4, -0.2) is 85.0 Å². The number of likely N-dealkylation sites (N-methyl/N-ethyl adjacent to an activating group) is 1. The van der Waals surface area contributed by atoms with Crippen molar-refractivity contribution in [2.45, 2.75) is 64.0 Å². The molecule has 2 amide bonds. The number of rotatable bonds is 6. The fourth-order valence-electron chi connectivity index (χ4n) is 4.53. The molecule has 3 fully saturated rings. The lowest BCUT2D eigenvalue weighted by molar-refractivity contribution is -0.137.